The van der Waals surface area contributed by atoms with Crippen LogP contribution < -0.4 is 5.73 Å². The summed E-state index contributed by atoms with van der Waals surface area (Å²) in [5.74, 6) is -0.265. The molecule has 0 radical (unpaired) electrons. The lowest BCUT2D eigenvalue weighted by molar-refractivity contribution is 0.267. The molecule has 16 heavy (non-hydrogen) atoms. The Morgan fingerprint density at radius 1 is 1.19 bits per heavy atom. The van der Waals surface area contributed by atoms with E-state index in [9.17, 15) is 4.39 Å². The Morgan fingerprint density at radius 2 is 1.81 bits per heavy atom. The number of anilines is 1. The number of hydrogen-bond acceptors (Lipinski definition) is 2. The van der Waals surface area contributed by atoms with Crippen LogP contribution in [-0.4, -0.2) is 18.0 Å². The van der Waals surface area contributed by atoms with Gasteiger partial charge in [0.05, 0.1) is 0 Å². The zero-order valence-corrected chi connectivity index (χ0v) is 10.2. The molecule has 0 atom stereocenters. The Morgan fingerprint density at radius 3 is 2.31 bits per heavy atom. The van der Waals surface area contributed by atoms with Crippen LogP contribution in [-0.2, 0) is 6.54 Å². The number of benzene rings is 1. The summed E-state index contributed by atoms with van der Waals surface area (Å²) in [5.41, 5.74) is 7.37. The minimum atomic E-state index is -0.265. The van der Waals surface area contributed by atoms with Crippen molar-refractivity contribution in [2.45, 2.75) is 33.2 Å². The van der Waals surface area contributed by atoms with E-state index < -0.39 is 0 Å². The van der Waals surface area contributed by atoms with Crippen LogP contribution >= 0.6 is 0 Å². The third-order valence-corrected chi connectivity index (χ3v) is 2.58. The summed E-state index contributed by atoms with van der Waals surface area (Å²) >= 11 is 0. The second-order valence-electron chi connectivity index (χ2n) is 4.12. The van der Waals surface area contributed by atoms with E-state index in [1.807, 2.05) is 0 Å². The van der Waals surface area contributed by atoms with Gasteiger partial charge in [-0.25, -0.2) is 4.39 Å². The standard InChI is InChI=1S/C13H21FN2/c1-3-7-16(8-4-2)10-11-5-6-12(14)9-13(11)15/h5-6,9H,3-4,7-8,10,15H2,1-2H3. The van der Waals surface area contributed by atoms with E-state index in [0.717, 1.165) is 38.0 Å². The largest absolute Gasteiger partial charge is 0.398 e. The Balaban J connectivity index is 2.68. The van der Waals surface area contributed by atoms with Gasteiger partial charge in [-0.05, 0) is 43.6 Å². The average molecular weight is 224 g/mol. The molecule has 0 aliphatic rings. The lowest BCUT2D eigenvalue weighted by Gasteiger charge is -2.21. The molecular formula is C13H21FN2. The van der Waals surface area contributed by atoms with Gasteiger partial charge in [-0.1, -0.05) is 19.9 Å². The molecule has 0 unspecified atom stereocenters. The Kier molecular flexibility index (Phi) is 5.26. The fraction of sp³-hybridized carbons (Fsp3) is 0.538. The van der Waals surface area contributed by atoms with Gasteiger partial charge in [-0.3, -0.25) is 4.90 Å². The van der Waals surface area contributed by atoms with Crippen molar-refractivity contribution in [3.63, 3.8) is 0 Å². The lowest BCUT2D eigenvalue weighted by atomic mass is 10.1. The molecule has 1 aromatic carbocycles. The maximum absolute atomic E-state index is 12.9. The van der Waals surface area contributed by atoms with E-state index in [2.05, 4.69) is 18.7 Å². The van der Waals surface area contributed by atoms with Gasteiger partial charge in [0, 0.05) is 12.2 Å². The summed E-state index contributed by atoms with van der Waals surface area (Å²) in [5, 5.41) is 0. The quantitative estimate of drug-likeness (QED) is 0.753. The molecule has 1 rings (SSSR count). The third kappa shape index (κ3) is 3.81. The number of rotatable bonds is 6. The van der Waals surface area contributed by atoms with Crippen molar-refractivity contribution in [3.05, 3.63) is 29.6 Å². The van der Waals surface area contributed by atoms with E-state index in [0.29, 0.717) is 5.69 Å². The molecule has 90 valence electrons. The summed E-state index contributed by atoms with van der Waals surface area (Å²) in [7, 11) is 0. The Bertz CT molecular complexity index is 320. The molecule has 1 aromatic rings. The highest BCUT2D eigenvalue weighted by atomic mass is 19.1. The monoisotopic (exact) mass is 224 g/mol. The minimum absolute atomic E-state index is 0.265. The molecule has 0 heterocycles. The molecule has 3 heteroatoms. The maximum Gasteiger partial charge on any atom is 0.125 e. The first-order chi connectivity index (χ1) is 7.67. The summed E-state index contributed by atoms with van der Waals surface area (Å²) < 4.78 is 12.9. The summed E-state index contributed by atoms with van der Waals surface area (Å²) in [4.78, 5) is 2.35. The molecule has 0 bridgehead atoms. The van der Waals surface area contributed by atoms with E-state index >= 15 is 0 Å². The molecule has 0 aliphatic carbocycles. The van der Waals surface area contributed by atoms with Crippen LogP contribution in [0.1, 0.15) is 32.3 Å². The van der Waals surface area contributed by atoms with Crippen LogP contribution in [0.2, 0.25) is 0 Å². The Labute approximate surface area is 97.3 Å². The van der Waals surface area contributed by atoms with Crippen LogP contribution in [0.4, 0.5) is 10.1 Å². The van der Waals surface area contributed by atoms with Gasteiger partial charge in [0.2, 0.25) is 0 Å². The Hall–Kier alpha value is -1.09. The molecule has 0 aromatic heterocycles. The first-order valence-electron chi connectivity index (χ1n) is 5.93. The van der Waals surface area contributed by atoms with E-state index in [1.54, 1.807) is 6.07 Å². The second-order valence-corrected chi connectivity index (χ2v) is 4.12. The van der Waals surface area contributed by atoms with Crippen molar-refractivity contribution in [3.8, 4) is 0 Å². The second kappa shape index (κ2) is 6.48. The van der Waals surface area contributed by atoms with Crippen LogP contribution in [0.5, 0.6) is 0 Å². The third-order valence-electron chi connectivity index (χ3n) is 2.58. The number of hydrogen-bond donors (Lipinski definition) is 1. The zero-order chi connectivity index (χ0) is 12.0. The molecule has 2 nitrogen and oxygen atoms in total. The molecule has 0 fully saturated rings. The predicted molar refractivity (Wildman–Crippen MR) is 66.7 cm³/mol. The first-order valence-corrected chi connectivity index (χ1v) is 5.93. The van der Waals surface area contributed by atoms with Gasteiger partial charge in [0.15, 0.2) is 0 Å². The zero-order valence-electron chi connectivity index (χ0n) is 10.2. The highest BCUT2D eigenvalue weighted by molar-refractivity contribution is 5.46. The smallest absolute Gasteiger partial charge is 0.125 e. The van der Waals surface area contributed by atoms with Crippen molar-refractivity contribution < 1.29 is 4.39 Å². The number of halogens is 1. The maximum atomic E-state index is 12.9. The van der Waals surface area contributed by atoms with Crippen LogP contribution in [0.15, 0.2) is 18.2 Å². The van der Waals surface area contributed by atoms with E-state index in [4.69, 9.17) is 5.73 Å². The lowest BCUT2D eigenvalue weighted by Crippen LogP contribution is -2.25. The number of nitrogens with two attached hydrogens (primary N) is 1. The highest BCUT2D eigenvalue weighted by Crippen LogP contribution is 2.16. The summed E-state index contributed by atoms with van der Waals surface area (Å²) in [6, 6.07) is 4.65. The number of nitrogen functional groups attached to an aromatic ring is 1. The molecule has 0 saturated carbocycles. The SMILES string of the molecule is CCCN(CCC)Cc1ccc(F)cc1N. The van der Waals surface area contributed by atoms with Gasteiger partial charge >= 0.3 is 0 Å². The first kappa shape index (κ1) is 13.0. The van der Waals surface area contributed by atoms with Crippen molar-refractivity contribution >= 4 is 5.69 Å². The van der Waals surface area contributed by atoms with Crippen molar-refractivity contribution in [1.82, 2.24) is 4.90 Å². The van der Waals surface area contributed by atoms with Crippen LogP contribution in [0, 0.1) is 5.82 Å². The van der Waals surface area contributed by atoms with Crippen LogP contribution in [0.25, 0.3) is 0 Å². The van der Waals surface area contributed by atoms with Gasteiger partial charge in [-0.2, -0.15) is 0 Å². The van der Waals surface area contributed by atoms with E-state index in [1.165, 1.54) is 12.1 Å². The highest BCUT2D eigenvalue weighted by Gasteiger charge is 2.07. The van der Waals surface area contributed by atoms with Crippen molar-refractivity contribution in [2.75, 3.05) is 18.8 Å². The van der Waals surface area contributed by atoms with Gasteiger partial charge < -0.3 is 5.73 Å². The molecular weight excluding hydrogens is 203 g/mol. The predicted octanol–water partition coefficient (Wildman–Crippen LogP) is 3.03. The average Bonchev–Trinajstić information content (AvgIpc) is 2.23. The van der Waals surface area contributed by atoms with Crippen molar-refractivity contribution in [2.24, 2.45) is 0 Å². The normalized spacial score (nSPS) is 11.0. The fourth-order valence-corrected chi connectivity index (χ4v) is 1.85. The topological polar surface area (TPSA) is 29.3 Å². The molecule has 0 spiro atoms. The fourth-order valence-electron chi connectivity index (χ4n) is 1.85. The molecule has 0 aliphatic heterocycles. The molecule has 0 amide bonds. The number of nitrogens with zero attached hydrogens (tertiary/aromatic N) is 1. The summed E-state index contributed by atoms with van der Waals surface area (Å²) in [6.07, 6.45) is 2.25. The molecule has 0 saturated heterocycles. The van der Waals surface area contributed by atoms with Crippen LogP contribution in [0.3, 0.4) is 0 Å². The van der Waals surface area contributed by atoms with Gasteiger partial charge in [-0.15, -0.1) is 0 Å². The summed E-state index contributed by atoms with van der Waals surface area (Å²) in [6.45, 7) is 7.26. The van der Waals surface area contributed by atoms with E-state index in [-0.39, 0.29) is 5.82 Å². The van der Waals surface area contributed by atoms with Gasteiger partial charge in [0.25, 0.3) is 0 Å². The van der Waals surface area contributed by atoms with Gasteiger partial charge in [0.1, 0.15) is 5.82 Å². The minimum Gasteiger partial charge on any atom is -0.398 e. The molecule has 2 N–H and O–H groups in total. The van der Waals surface area contributed by atoms with Crippen molar-refractivity contribution in [1.29, 1.82) is 0 Å².